The smallest absolute Gasteiger partial charge is 0.0139 e. The third kappa shape index (κ3) is 33.3. The highest BCUT2D eigenvalue weighted by Gasteiger charge is 2.00. The molecule has 3 aromatic carbocycles. The minimum absolute atomic E-state index is 0.591. The van der Waals surface area contributed by atoms with Crippen LogP contribution in [0.5, 0.6) is 0 Å². The third-order valence-corrected chi connectivity index (χ3v) is 7.38. The summed E-state index contributed by atoms with van der Waals surface area (Å²) in [4.78, 5) is 1.02. The molecule has 0 radical (unpaired) electrons. The SMILES string of the molecule is C=C.C=C(S)C(C)CCCC.C=CCC.C=Cc1ccc(-c2ccc(CC)cc2)cc1.CC.CC.CC.CCCCc1ccc(CC)cc1. The third-order valence-electron chi connectivity index (χ3n) is 6.94. The fourth-order valence-corrected chi connectivity index (χ4v) is 3.87. The summed E-state index contributed by atoms with van der Waals surface area (Å²) < 4.78 is 0. The molecule has 0 N–H and O–H groups in total. The maximum atomic E-state index is 4.17. The molecule has 0 nitrogen and oxygen atoms in total. The van der Waals surface area contributed by atoms with Gasteiger partial charge in [0.15, 0.2) is 0 Å². The second-order valence-electron chi connectivity index (χ2n) is 10.4. The first-order valence-electron chi connectivity index (χ1n) is 19.2. The second-order valence-corrected chi connectivity index (χ2v) is 11.0. The van der Waals surface area contributed by atoms with E-state index >= 15 is 0 Å². The standard InChI is InChI=1S/C16H16.C12H18.C8H16S.C4H8.3C2H6.C2H4/c1-3-13-5-9-15(10-6-13)16-11-7-14(4-2)8-12-16;1-3-5-6-12-9-7-11(4-2)8-10-12;1-4-5-6-7(2)8(3)9;1-3-4-2;4*1-2/h3,5-12H,1,4H2,2H3;7-10H,3-6H2,1-2H3;7,9H,3-6H2,1-2H3;3H,1,4H2,2H3;3*1-2H3;1-2H2. The number of unbranched alkanes of at least 4 members (excludes halogenated alkanes) is 2. The zero-order chi connectivity index (χ0) is 38.9. The van der Waals surface area contributed by atoms with Crippen LogP contribution in [0.4, 0.5) is 0 Å². The molecule has 3 aromatic rings. The Morgan fingerprint density at radius 3 is 1.27 bits per heavy atom. The van der Waals surface area contributed by atoms with Gasteiger partial charge in [-0.2, -0.15) is 0 Å². The predicted octanol–water partition coefficient (Wildman–Crippen LogP) is 16.9. The fourth-order valence-electron chi connectivity index (χ4n) is 3.74. The Morgan fingerprint density at radius 1 is 0.612 bits per heavy atom. The van der Waals surface area contributed by atoms with Gasteiger partial charge in [-0.1, -0.05) is 200 Å². The molecule has 0 saturated carbocycles. The Bertz CT molecular complexity index is 1070. The zero-order valence-electron chi connectivity index (χ0n) is 34.5. The highest BCUT2D eigenvalue weighted by molar-refractivity contribution is 7.84. The molecule has 0 aliphatic carbocycles. The summed E-state index contributed by atoms with van der Waals surface area (Å²) in [5, 5.41) is 0. The van der Waals surface area contributed by atoms with Crippen molar-refractivity contribution in [1.82, 2.24) is 0 Å². The Hall–Kier alpha value is -3.03. The lowest BCUT2D eigenvalue weighted by Crippen LogP contribution is -1.92. The van der Waals surface area contributed by atoms with Crippen molar-refractivity contribution in [2.24, 2.45) is 5.92 Å². The molecular weight excluding hydrogens is 609 g/mol. The van der Waals surface area contributed by atoms with Crippen LogP contribution in [0.3, 0.4) is 0 Å². The van der Waals surface area contributed by atoms with Gasteiger partial charge in [0.25, 0.3) is 0 Å². The number of benzene rings is 3. The minimum atomic E-state index is 0.591. The lowest BCUT2D eigenvalue weighted by molar-refractivity contribution is 0.593. The van der Waals surface area contributed by atoms with E-state index in [0.717, 1.165) is 29.7 Å². The zero-order valence-corrected chi connectivity index (χ0v) is 35.4. The van der Waals surface area contributed by atoms with Crippen LogP contribution in [0.2, 0.25) is 0 Å². The van der Waals surface area contributed by atoms with Crippen LogP contribution in [-0.4, -0.2) is 0 Å². The van der Waals surface area contributed by atoms with Crippen LogP contribution in [0.1, 0.15) is 144 Å². The normalized spacial score (nSPS) is 9.16. The predicted molar refractivity (Wildman–Crippen MR) is 238 cm³/mol. The summed E-state index contributed by atoms with van der Waals surface area (Å²) >= 11 is 4.17. The van der Waals surface area contributed by atoms with Crippen molar-refractivity contribution in [1.29, 1.82) is 0 Å². The summed E-state index contributed by atoms with van der Waals surface area (Å²) in [5.41, 5.74) is 7.99. The second kappa shape index (κ2) is 45.0. The van der Waals surface area contributed by atoms with Crippen molar-refractivity contribution in [3.8, 4) is 11.1 Å². The molecule has 0 aromatic heterocycles. The van der Waals surface area contributed by atoms with E-state index in [4.69, 9.17) is 0 Å². The monoisotopic (exact) mass is 689 g/mol. The highest BCUT2D eigenvalue weighted by Crippen LogP contribution is 2.21. The summed E-state index contributed by atoms with van der Waals surface area (Å²) in [6.45, 7) is 42.1. The number of aryl methyl sites for hydroxylation is 3. The van der Waals surface area contributed by atoms with Crippen LogP contribution < -0.4 is 0 Å². The Balaban J connectivity index is -0.000000175. The van der Waals surface area contributed by atoms with Gasteiger partial charge in [-0.3, -0.25) is 0 Å². The van der Waals surface area contributed by atoms with Gasteiger partial charge in [0, 0.05) is 0 Å². The van der Waals surface area contributed by atoms with E-state index in [-0.39, 0.29) is 0 Å². The number of hydrogen-bond acceptors (Lipinski definition) is 1. The van der Waals surface area contributed by atoms with Crippen molar-refractivity contribution in [2.75, 3.05) is 0 Å². The molecule has 49 heavy (non-hydrogen) atoms. The van der Waals surface area contributed by atoms with Gasteiger partial charge in [-0.15, -0.1) is 32.4 Å². The van der Waals surface area contributed by atoms with Crippen LogP contribution in [0, 0.1) is 5.92 Å². The molecular formula is C48H80S. The van der Waals surface area contributed by atoms with Gasteiger partial charge in [0.05, 0.1) is 0 Å². The first-order valence-corrected chi connectivity index (χ1v) is 19.6. The lowest BCUT2D eigenvalue weighted by Gasteiger charge is -2.07. The first-order chi connectivity index (χ1) is 23.8. The van der Waals surface area contributed by atoms with Gasteiger partial charge in [-0.25, -0.2) is 0 Å². The van der Waals surface area contributed by atoms with E-state index in [1.807, 2.05) is 53.7 Å². The van der Waals surface area contributed by atoms with E-state index in [9.17, 15) is 0 Å². The number of hydrogen-bond donors (Lipinski definition) is 1. The van der Waals surface area contributed by atoms with Gasteiger partial charge < -0.3 is 0 Å². The summed E-state index contributed by atoms with van der Waals surface area (Å²) in [7, 11) is 0. The molecule has 0 amide bonds. The van der Waals surface area contributed by atoms with Gasteiger partial charge in [0.1, 0.15) is 0 Å². The molecule has 0 saturated heterocycles. The molecule has 0 aliphatic rings. The van der Waals surface area contributed by atoms with Gasteiger partial charge in [0.2, 0.25) is 0 Å². The van der Waals surface area contributed by atoms with E-state index < -0.39 is 0 Å². The molecule has 1 unspecified atom stereocenters. The molecule has 0 fully saturated rings. The molecule has 1 heteroatoms. The Labute approximate surface area is 314 Å². The van der Waals surface area contributed by atoms with Crippen LogP contribution >= 0.6 is 12.6 Å². The molecule has 0 bridgehead atoms. The van der Waals surface area contributed by atoms with Crippen LogP contribution in [0.15, 0.2) is 117 Å². The summed E-state index contributed by atoms with van der Waals surface area (Å²) in [6.07, 6.45) is 14.7. The summed E-state index contributed by atoms with van der Waals surface area (Å²) in [5.74, 6) is 0.591. The lowest BCUT2D eigenvalue weighted by atomic mass is 10.0. The van der Waals surface area contributed by atoms with Crippen molar-refractivity contribution >= 4 is 18.7 Å². The summed E-state index contributed by atoms with van der Waals surface area (Å²) in [6, 6.07) is 26.2. The van der Waals surface area contributed by atoms with Crippen molar-refractivity contribution in [3.63, 3.8) is 0 Å². The van der Waals surface area contributed by atoms with Crippen molar-refractivity contribution < 1.29 is 0 Å². The van der Waals surface area contributed by atoms with Crippen molar-refractivity contribution in [3.05, 3.63) is 139 Å². The van der Waals surface area contributed by atoms with Crippen LogP contribution in [-0.2, 0) is 19.3 Å². The van der Waals surface area contributed by atoms with Gasteiger partial charge in [-0.05, 0) is 82.7 Å². The van der Waals surface area contributed by atoms with E-state index in [1.54, 1.807) is 0 Å². The first kappa shape index (κ1) is 55.4. The molecule has 3 rings (SSSR count). The quantitative estimate of drug-likeness (QED) is 0.142. The Morgan fingerprint density at radius 2 is 0.959 bits per heavy atom. The molecule has 0 heterocycles. The maximum Gasteiger partial charge on any atom is -0.0139 e. The number of thiol groups is 1. The number of rotatable bonds is 12. The topological polar surface area (TPSA) is 0 Å². The highest BCUT2D eigenvalue weighted by atomic mass is 32.1. The Kier molecular flexibility index (Phi) is 50.8. The van der Waals surface area contributed by atoms with Crippen LogP contribution in [0.25, 0.3) is 17.2 Å². The van der Waals surface area contributed by atoms with E-state index in [1.165, 1.54) is 66.3 Å². The fraction of sp³-hybridized carbons (Fsp3) is 0.458. The van der Waals surface area contributed by atoms with E-state index in [2.05, 4.69) is 160 Å². The number of allylic oxidation sites excluding steroid dienone is 2. The van der Waals surface area contributed by atoms with Crippen molar-refractivity contribution in [2.45, 2.75) is 141 Å². The molecule has 1 atom stereocenters. The molecule has 278 valence electrons. The van der Waals surface area contributed by atoms with E-state index in [0.29, 0.717) is 5.92 Å². The average Bonchev–Trinajstić information content (AvgIpc) is 3.20. The largest absolute Gasteiger partial charge is 0.148 e. The minimum Gasteiger partial charge on any atom is -0.148 e. The van der Waals surface area contributed by atoms with Gasteiger partial charge >= 0.3 is 0 Å². The maximum absolute atomic E-state index is 4.17. The average molecular weight is 689 g/mol. The molecule has 0 aliphatic heterocycles. The molecule has 0 spiro atoms.